The van der Waals surface area contributed by atoms with E-state index in [1.54, 1.807) is 72.8 Å². The molecular weight excluding hydrogens is 1240 g/mol. The molecule has 3 N–H and O–H groups in total. The van der Waals surface area contributed by atoms with Gasteiger partial charge in [-0.15, -0.1) is 0 Å². The summed E-state index contributed by atoms with van der Waals surface area (Å²) in [6.07, 6.45) is 0. The first-order valence-corrected chi connectivity index (χ1v) is 29.3. The van der Waals surface area contributed by atoms with Crippen LogP contribution < -0.4 is 14.0 Å². The Balaban J connectivity index is 0.000000166. The lowest BCUT2D eigenvalue weighted by Gasteiger charge is -2.11. The number of carboxylic acids is 1. The van der Waals surface area contributed by atoms with Gasteiger partial charge in [0.15, 0.2) is 10.1 Å². The van der Waals surface area contributed by atoms with Crippen LogP contribution in [0.4, 0.5) is 26.3 Å². The SMILES string of the molecule is COS(=O)(=O)C(F)(F)F.C[n+]1c2ccccc2c(C(=O)Oc2ccccc2)c2cc(O)ccc21.Cc1ccc2nc3ccccc3c(C(=O)O)c2c1.Cc1ccc2nc3ccccc3c(C(=O)Oc3ccccc3)c2c1.O=S(=O)([O-])C(F)(F)F.Oc1ccccc1. The highest BCUT2D eigenvalue weighted by atomic mass is 32.2. The number of ether oxygens (including phenoxy) is 2. The molecule has 468 valence electrons. The number of carbonyl (C=O) groups excluding carboxylic acids is 2. The van der Waals surface area contributed by atoms with Gasteiger partial charge >= 0.3 is 39.0 Å². The Labute approximate surface area is 515 Å². The fourth-order valence-corrected chi connectivity index (χ4v) is 8.95. The van der Waals surface area contributed by atoms with Crippen molar-refractivity contribution in [1.82, 2.24) is 9.97 Å². The minimum Gasteiger partial charge on any atom is -0.741 e. The van der Waals surface area contributed by atoms with E-state index in [1.165, 1.54) is 0 Å². The molecule has 0 aliphatic heterocycles. The van der Waals surface area contributed by atoms with E-state index in [9.17, 15) is 59.4 Å². The molecule has 12 aromatic rings. The Morgan fingerprint density at radius 2 is 0.824 bits per heavy atom. The van der Waals surface area contributed by atoms with Gasteiger partial charge in [-0.05, 0) is 105 Å². The highest BCUT2D eigenvalue weighted by molar-refractivity contribution is 7.87. The highest BCUT2D eigenvalue weighted by Crippen LogP contribution is 2.32. The van der Waals surface area contributed by atoms with Crippen molar-refractivity contribution in [2.75, 3.05) is 7.11 Å². The molecule has 0 radical (unpaired) electrons. The second kappa shape index (κ2) is 29.1. The number of fused-ring (bicyclic) bond motifs is 6. The molecule has 9 aromatic carbocycles. The van der Waals surface area contributed by atoms with Crippen LogP contribution in [0.25, 0.3) is 65.4 Å². The Hall–Kier alpha value is -10.6. The minimum atomic E-state index is -6.09. The molecule has 25 heteroatoms. The molecule has 0 amide bonds. The van der Waals surface area contributed by atoms with Crippen LogP contribution in [0.2, 0.25) is 0 Å². The number of aryl methyl sites for hydroxylation is 3. The number of nitrogens with zero attached hydrogens (tertiary/aromatic N) is 3. The third-order valence-corrected chi connectivity index (χ3v) is 14.5. The van der Waals surface area contributed by atoms with Crippen LogP contribution in [0.1, 0.15) is 42.2 Å². The van der Waals surface area contributed by atoms with Crippen LogP contribution >= 0.6 is 0 Å². The number of pyridine rings is 3. The zero-order valence-electron chi connectivity index (χ0n) is 48.0. The first-order chi connectivity index (χ1) is 43.0. The van der Waals surface area contributed by atoms with Crippen molar-refractivity contribution in [3.05, 3.63) is 246 Å². The number of rotatable bonds is 6. The summed E-state index contributed by atoms with van der Waals surface area (Å²) in [5.41, 5.74) is -2.73. The predicted molar refractivity (Wildman–Crippen MR) is 328 cm³/mol. The van der Waals surface area contributed by atoms with Crippen molar-refractivity contribution in [3.8, 4) is 23.0 Å². The molecule has 0 aliphatic rings. The summed E-state index contributed by atoms with van der Waals surface area (Å²) in [5.74, 6) is -0.278. The number of esters is 2. The lowest BCUT2D eigenvalue weighted by atomic mass is 10.0. The molecule has 0 fully saturated rings. The number of halogens is 6. The van der Waals surface area contributed by atoms with Crippen LogP contribution in [-0.2, 0) is 31.5 Å². The molecule has 0 spiro atoms. The van der Waals surface area contributed by atoms with E-state index in [0.29, 0.717) is 62.7 Å². The molecule has 0 atom stereocenters. The summed E-state index contributed by atoms with van der Waals surface area (Å²) in [4.78, 5) is 46.5. The van der Waals surface area contributed by atoms with E-state index >= 15 is 0 Å². The largest absolute Gasteiger partial charge is 0.741 e. The molecule has 12 rings (SSSR count). The van der Waals surface area contributed by atoms with E-state index in [2.05, 4.69) is 14.2 Å². The number of alkyl halides is 6. The number of phenols is 2. The molecule has 17 nitrogen and oxygen atoms in total. The Morgan fingerprint density at radius 3 is 1.23 bits per heavy atom. The van der Waals surface area contributed by atoms with E-state index in [0.717, 1.165) is 54.9 Å². The second-order valence-corrected chi connectivity index (χ2v) is 22.3. The van der Waals surface area contributed by atoms with Gasteiger partial charge in [-0.2, -0.15) is 39.3 Å². The summed E-state index contributed by atoms with van der Waals surface area (Å²) in [7, 11) is -9.04. The van der Waals surface area contributed by atoms with Crippen LogP contribution in [-0.4, -0.2) is 82.7 Å². The smallest absolute Gasteiger partial charge is 0.523 e. The van der Waals surface area contributed by atoms with Crippen molar-refractivity contribution < 1.29 is 95.7 Å². The van der Waals surface area contributed by atoms with Crippen molar-refractivity contribution in [2.24, 2.45) is 7.05 Å². The first kappa shape index (κ1) is 67.9. The van der Waals surface area contributed by atoms with Gasteiger partial charge in [-0.3, -0.25) is 4.18 Å². The lowest BCUT2D eigenvalue weighted by Crippen LogP contribution is -2.31. The number of aromatic hydroxyl groups is 2. The topological polar surface area (TPSA) is 261 Å². The third-order valence-electron chi connectivity index (χ3n) is 12.9. The van der Waals surface area contributed by atoms with Gasteiger partial charge < -0.3 is 29.3 Å². The van der Waals surface area contributed by atoms with Crippen molar-refractivity contribution in [1.29, 1.82) is 0 Å². The standard InChI is InChI=1S/C21H15NO3.C21H15NO2.C15H11NO2.C6H6O.C2H3F3O3S.CHF3O3S/c1-22-18-10-6-5-9-16(18)20(17-13-14(23)11-12-19(17)22)21(24)25-15-7-3-2-4-8-15;1-14-11-12-19-17(13-14)20(16-9-5-6-10-18(16)22-19)21(23)24-15-7-3-2-4-8-15;1-9-6-7-13-11(8-9)14(15(17)18)10-4-2-3-5-12(10)16-13;7-6-4-2-1-3-5-6;1-8-9(6,7)2(3,4)5;2-1(3,4)8(5,6)7/h2-13H,1H3;2-13H,1H3;2-8H,1H3,(H,17,18);1-5,7H;1H3;(H,5,6,7). The van der Waals surface area contributed by atoms with Crippen molar-refractivity contribution in [3.63, 3.8) is 0 Å². The number of para-hydroxylation sites is 6. The maximum absolute atomic E-state index is 13.0. The zero-order valence-corrected chi connectivity index (χ0v) is 49.7. The van der Waals surface area contributed by atoms with E-state index in [4.69, 9.17) is 27.6 Å². The normalized spacial score (nSPS) is 11.3. The van der Waals surface area contributed by atoms with E-state index in [-0.39, 0.29) is 11.7 Å². The number of hydrogen-bond acceptors (Lipinski definition) is 15. The number of aromatic nitrogens is 3. The zero-order chi connectivity index (χ0) is 66.4. The van der Waals surface area contributed by atoms with E-state index < -0.39 is 43.2 Å². The average molecular weight is 1290 g/mol. The third kappa shape index (κ3) is 17.2. The highest BCUT2D eigenvalue weighted by Gasteiger charge is 2.46. The summed E-state index contributed by atoms with van der Waals surface area (Å²) in [5, 5.41) is 32.4. The average Bonchev–Trinajstić information content (AvgIpc) is 0.792. The maximum Gasteiger partial charge on any atom is 0.523 e. The van der Waals surface area contributed by atoms with Crippen molar-refractivity contribution >= 4 is 104 Å². The molecule has 3 heterocycles. The van der Waals surface area contributed by atoms with Crippen LogP contribution in [0.3, 0.4) is 0 Å². The number of hydrogen-bond donors (Lipinski definition) is 3. The second-order valence-electron chi connectivity index (χ2n) is 19.2. The summed E-state index contributed by atoms with van der Waals surface area (Å²) >= 11 is 0. The van der Waals surface area contributed by atoms with Gasteiger partial charge in [0.1, 0.15) is 30.0 Å². The quantitative estimate of drug-likeness (QED) is 0.0204. The molecule has 0 aliphatic carbocycles. The van der Waals surface area contributed by atoms with Gasteiger partial charge in [0.05, 0.1) is 56.6 Å². The summed E-state index contributed by atoms with van der Waals surface area (Å²) in [6.45, 7) is 3.95. The molecule has 0 saturated heterocycles. The van der Waals surface area contributed by atoms with Crippen LogP contribution in [0.15, 0.2) is 218 Å². The number of carbonyl (C=O) groups is 3. The minimum absolute atomic E-state index is 0.108. The van der Waals surface area contributed by atoms with Gasteiger partial charge in [0.25, 0.3) is 0 Å². The maximum atomic E-state index is 13.0. The molecule has 0 unspecified atom stereocenters. The van der Waals surface area contributed by atoms with Gasteiger partial charge in [0, 0.05) is 33.7 Å². The fraction of sp³-hybridized carbons (Fsp3) is 0.0909. The number of benzene rings is 9. The summed E-state index contributed by atoms with van der Waals surface area (Å²) in [6, 6.07) is 66.1. The number of carboxylic acid groups (broad SMARTS) is 1. The summed E-state index contributed by atoms with van der Waals surface area (Å²) < 4.78 is 128. The molecular formula is C66H51F6N3O14S2. The van der Waals surface area contributed by atoms with Gasteiger partial charge in [-0.25, -0.2) is 32.8 Å². The molecule has 0 bridgehead atoms. The lowest BCUT2D eigenvalue weighted by molar-refractivity contribution is -0.617. The predicted octanol–water partition coefficient (Wildman–Crippen LogP) is 14.0. The Bertz CT molecular complexity index is 4860. The Morgan fingerprint density at radius 1 is 0.451 bits per heavy atom. The Kier molecular flexibility index (Phi) is 21.7. The first-order valence-electron chi connectivity index (χ1n) is 26.5. The molecule has 0 saturated carbocycles. The van der Waals surface area contributed by atoms with Crippen molar-refractivity contribution in [2.45, 2.75) is 24.9 Å². The fourth-order valence-electron chi connectivity index (χ4n) is 8.77. The monoisotopic (exact) mass is 1290 g/mol. The molecule has 91 heavy (non-hydrogen) atoms. The van der Waals surface area contributed by atoms with Gasteiger partial charge in [-0.1, -0.05) is 126 Å². The van der Waals surface area contributed by atoms with E-state index in [1.807, 2.05) is 171 Å². The van der Waals surface area contributed by atoms with Gasteiger partial charge in [0.2, 0.25) is 11.0 Å². The van der Waals surface area contributed by atoms with Crippen LogP contribution in [0.5, 0.6) is 23.0 Å². The molecule has 3 aromatic heterocycles. The number of aromatic carboxylic acids is 1. The van der Waals surface area contributed by atoms with Crippen LogP contribution in [0, 0.1) is 13.8 Å². The number of phenolic OH excluding ortho intramolecular Hbond substituents is 2.